The Kier molecular flexibility index (Phi) is 9.18. The van der Waals surface area contributed by atoms with E-state index in [1.165, 1.54) is 0 Å². The molecule has 6 rings (SSSR count). The fraction of sp³-hybridized carbons (Fsp3) is 0.121. The zero-order valence-electron chi connectivity index (χ0n) is 23.9. The van der Waals surface area contributed by atoms with E-state index in [1.54, 1.807) is 23.1 Å². The van der Waals surface area contributed by atoms with Crippen molar-refractivity contribution in [3.63, 3.8) is 0 Å². The molecule has 1 aromatic heterocycles. The van der Waals surface area contributed by atoms with Gasteiger partial charge >= 0.3 is 0 Å². The van der Waals surface area contributed by atoms with Crippen molar-refractivity contribution in [2.75, 3.05) is 11.4 Å². The van der Waals surface area contributed by atoms with Gasteiger partial charge in [-0.15, -0.1) is 0 Å². The predicted octanol–water partition coefficient (Wildman–Crippen LogP) is 6.94. The first-order chi connectivity index (χ1) is 21.5. The predicted molar refractivity (Wildman–Crippen MR) is 187 cm³/mol. The highest BCUT2D eigenvalue weighted by atomic mass is 32.2. The van der Waals surface area contributed by atoms with Crippen molar-refractivity contribution in [3.8, 4) is 22.3 Å². The molecule has 12 heteroatoms. The highest BCUT2D eigenvalue weighted by molar-refractivity contribution is 8.04. The van der Waals surface area contributed by atoms with Crippen molar-refractivity contribution in [1.29, 1.82) is 0 Å². The van der Waals surface area contributed by atoms with Gasteiger partial charge in [-0.05, 0) is 52.2 Å². The minimum absolute atomic E-state index is 0.106. The van der Waals surface area contributed by atoms with Gasteiger partial charge in [0.05, 0.1) is 16.8 Å². The zero-order valence-corrected chi connectivity index (χ0v) is 27.2. The first-order valence-corrected chi connectivity index (χ1v) is 18.7. The van der Waals surface area contributed by atoms with Gasteiger partial charge < -0.3 is 14.0 Å². The molecule has 0 saturated carbocycles. The summed E-state index contributed by atoms with van der Waals surface area (Å²) in [5, 5.41) is 3.69. The molecular weight excluding hydrogens is 649 g/mol. The molecule has 0 radical (unpaired) electrons. The average molecular weight is 679 g/mol. The van der Waals surface area contributed by atoms with Crippen molar-refractivity contribution in [2.45, 2.75) is 24.3 Å². The molecule has 0 saturated heterocycles. The van der Waals surface area contributed by atoms with Crippen LogP contribution in [0, 0.1) is 0 Å². The highest BCUT2D eigenvalue weighted by Crippen LogP contribution is 2.48. The Morgan fingerprint density at radius 3 is 2.07 bits per heavy atom. The number of rotatable bonds is 9. The largest absolute Gasteiger partial charge is 0.757 e. The number of aromatic nitrogens is 1. The summed E-state index contributed by atoms with van der Waals surface area (Å²) < 4.78 is 66.0. The Morgan fingerprint density at radius 1 is 0.778 bits per heavy atom. The van der Waals surface area contributed by atoms with Crippen LogP contribution in [0.3, 0.4) is 0 Å². The number of thiazole rings is 1. The molecule has 4 aromatic carbocycles. The van der Waals surface area contributed by atoms with Crippen LogP contribution in [0.5, 0.6) is 0 Å². The van der Waals surface area contributed by atoms with Gasteiger partial charge in [0, 0.05) is 39.4 Å². The van der Waals surface area contributed by atoms with E-state index in [0.29, 0.717) is 13.1 Å². The van der Waals surface area contributed by atoms with E-state index in [2.05, 4.69) is 45.9 Å². The van der Waals surface area contributed by atoms with Crippen molar-refractivity contribution in [2.24, 2.45) is 0 Å². The normalized spacial score (nSPS) is 15.3. The Balaban J connectivity index is 1.45. The van der Waals surface area contributed by atoms with Gasteiger partial charge in [0.25, 0.3) is 5.01 Å². The second-order valence-electron chi connectivity index (χ2n) is 10.4. The summed E-state index contributed by atoms with van der Waals surface area (Å²) >= 11 is 3.14. The highest BCUT2D eigenvalue weighted by Gasteiger charge is 2.28. The lowest BCUT2D eigenvalue weighted by molar-refractivity contribution is -0.667. The van der Waals surface area contributed by atoms with Crippen LogP contribution < -0.4 is 9.47 Å². The van der Waals surface area contributed by atoms with Crippen molar-refractivity contribution in [3.05, 3.63) is 107 Å². The number of aryl methyl sites for hydroxylation is 1. The molecule has 3 N–H and O–H groups in total. The molecule has 0 spiro atoms. The van der Waals surface area contributed by atoms with Crippen LogP contribution in [0.1, 0.15) is 17.8 Å². The molecule has 0 bridgehead atoms. The first kappa shape index (κ1) is 31.5. The van der Waals surface area contributed by atoms with Gasteiger partial charge in [-0.1, -0.05) is 95.9 Å². The molecule has 45 heavy (non-hydrogen) atoms. The summed E-state index contributed by atoms with van der Waals surface area (Å²) in [5.41, 5.74) is 6.06. The van der Waals surface area contributed by atoms with Gasteiger partial charge in [-0.25, -0.2) is 4.21 Å². The van der Waals surface area contributed by atoms with Gasteiger partial charge in [-0.3, -0.25) is 13.3 Å². The molecule has 1 aliphatic heterocycles. The van der Waals surface area contributed by atoms with Crippen LogP contribution in [0.15, 0.2) is 107 Å². The van der Waals surface area contributed by atoms with Crippen LogP contribution in [0.4, 0.5) is 5.69 Å². The lowest BCUT2D eigenvalue weighted by Gasteiger charge is -2.20. The van der Waals surface area contributed by atoms with E-state index in [4.69, 9.17) is 0 Å². The number of nitrogens with zero attached hydrogens (tertiary/aromatic N) is 2. The summed E-state index contributed by atoms with van der Waals surface area (Å²) in [7, 11) is -8.24. The van der Waals surface area contributed by atoms with E-state index in [-0.39, 0.29) is 12.8 Å². The third-order valence-electron chi connectivity index (χ3n) is 7.29. The summed E-state index contributed by atoms with van der Waals surface area (Å²) in [4.78, 5) is 3.09. The van der Waals surface area contributed by atoms with Crippen LogP contribution in [-0.2, 0) is 26.7 Å². The molecule has 1 atom stereocenters. The molecule has 2 heterocycles. The summed E-state index contributed by atoms with van der Waals surface area (Å²) in [6.45, 7) is 0.666. The van der Waals surface area contributed by atoms with Crippen LogP contribution >= 0.6 is 23.1 Å². The monoisotopic (exact) mass is 678 g/mol. The molecule has 232 valence electrons. The van der Waals surface area contributed by atoms with E-state index in [9.17, 15) is 26.6 Å². The number of anilines is 1. The molecule has 1 unspecified atom stereocenters. The lowest BCUT2D eigenvalue weighted by atomic mass is 10.0. The molecule has 1 aliphatic rings. The summed E-state index contributed by atoms with van der Waals surface area (Å²) in [6, 6.07) is 32.4. The molecular formula is C33H30N2O6S4. The van der Waals surface area contributed by atoms with Gasteiger partial charge in [0.1, 0.15) is 4.70 Å². The third-order valence-corrected chi connectivity index (χ3v) is 10.8. The fourth-order valence-corrected chi connectivity index (χ4v) is 8.37. The van der Waals surface area contributed by atoms with Crippen LogP contribution in [0.25, 0.3) is 38.5 Å². The minimum atomic E-state index is -4.24. The zero-order chi connectivity index (χ0) is 31.6. The standard InChI is InChI=1S/C33H30N2O6S4/c36-44(37,38)19-7-17-34-28-21-26(24-9-3-1-4-10-24)13-15-30(28)42-32(34)23-33-35(18-8-20-45(39,40)41)29-22-27(14-16-31(29)43-33)25-11-5-2-6-12-25/h1-6,9-16,19-23H,7-8,17-18H2,(H3-,36,37,38,39,40,41). The smallest absolute Gasteiger partial charge is 0.265 e. The fourth-order valence-electron chi connectivity index (χ4n) is 5.27. The van der Waals surface area contributed by atoms with Crippen LogP contribution in [0.2, 0.25) is 0 Å². The minimum Gasteiger partial charge on any atom is -0.757 e. The number of hydrogen-bond donors (Lipinski definition) is 3. The Bertz CT molecular complexity index is 2130. The second kappa shape index (κ2) is 13.1. The quantitative estimate of drug-likeness (QED) is 0.113. The Labute approximate surface area is 271 Å². The van der Waals surface area contributed by atoms with Crippen molar-refractivity contribution in [1.82, 2.24) is 0 Å². The first-order valence-electron chi connectivity index (χ1n) is 14.1. The maximum atomic E-state index is 11.6. The summed E-state index contributed by atoms with van der Waals surface area (Å²) in [6.07, 6.45) is 2.31. The van der Waals surface area contributed by atoms with E-state index in [1.807, 2.05) is 66.7 Å². The molecule has 0 fully saturated rings. The summed E-state index contributed by atoms with van der Waals surface area (Å²) in [5.74, 6) is 0. The molecule has 0 aliphatic carbocycles. The van der Waals surface area contributed by atoms with Gasteiger partial charge in [-0.2, -0.15) is 4.57 Å². The SMILES string of the molecule is O=S([O-])(O)=CCC[n+]1c(C=C2Sc3ccc(-c4ccccc4)cc3N2CCC=S(=O)(O)O)sc2ccc(-c3ccccc3)cc21. The second-order valence-corrected chi connectivity index (χ2v) is 15.3. The Hall–Kier alpha value is -3.46. The molecule has 5 aromatic rings. The van der Waals surface area contributed by atoms with E-state index in [0.717, 1.165) is 63.8 Å². The van der Waals surface area contributed by atoms with E-state index >= 15 is 0 Å². The number of fused-ring (bicyclic) bond motifs is 2. The lowest BCUT2D eigenvalue weighted by Crippen LogP contribution is -2.36. The maximum absolute atomic E-state index is 11.6. The topological polar surface area (TPSA) is 125 Å². The van der Waals surface area contributed by atoms with Crippen LogP contribution in [-0.4, -0.2) is 43.9 Å². The number of thioether (sulfide) groups is 1. The number of hydrogen-bond acceptors (Lipinski definition) is 6. The Morgan fingerprint density at radius 2 is 1.42 bits per heavy atom. The molecule has 8 nitrogen and oxygen atoms in total. The average Bonchev–Trinajstić information content (AvgIpc) is 3.53. The van der Waals surface area contributed by atoms with Gasteiger partial charge in [0.2, 0.25) is 5.52 Å². The van der Waals surface area contributed by atoms with Crippen molar-refractivity contribution >= 4 is 76.0 Å². The van der Waals surface area contributed by atoms with E-state index < -0.39 is 20.2 Å². The van der Waals surface area contributed by atoms with Gasteiger partial charge in [0.15, 0.2) is 16.6 Å². The number of benzene rings is 4. The maximum Gasteiger partial charge on any atom is 0.265 e. The van der Waals surface area contributed by atoms with Crippen molar-refractivity contribution < 1.29 is 31.2 Å². The molecule has 0 amide bonds. The third kappa shape index (κ3) is 7.68.